The molecule has 0 unspecified atom stereocenters. The summed E-state index contributed by atoms with van der Waals surface area (Å²) in [6.07, 6.45) is 0. The molecule has 1 heterocycles. The van der Waals surface area contributed by atoms with Gasteiger partial charge in [0.15, 0.2) is 5.82 Å². The largest absolute Gasteiger partial charge is 0.324 e. The highest BCUT2D eigenvalue weighted by molar-refractivity contribution is 9.10. The molecule has 2 N–H and O–H groups in total. The van der Waals surface area contributed by atoms with Crippen molar-refractivity contribution in [2.45, 2.75) is 32.9 Å². The minimum Gasteiger partial charge on any atom is -0.324 e. The van der Waals surface area contributed by atoms with Gasteiger partial charge in [0.25, 0.3) is 0 Å². The highest BCUT2D eigenvalue weighted by atomic mass is 79.9. The molecule has 0 spiro atoms. The molecule has 0 atom stereocenters. The molecular weight excluding hydrogens is 311 g/mol. The average molecular weight is 327 g/mol. The van der Waals surface area contributed by atoms with Crippen molar-refractivity contribution in [1.29, 1.82) is 0 Å². The number of aromatic nitrogens is 3. The lowest BCUT2D eigenvalue weighted by Crippen LogP contribution is -2.26. The number of nitrogens with two attached hydrogens (primary N) is 1. The smallest absolute Gasteiger partial charge is 0.167 e. The van der Waals surface area contributed by atoms with Crippen molar-refractivity contribution in [3.63, 3.8) is 0 Å². The second-order valence-electron chi connectivity index (χ2n) is 5.27. The first-order valence-electron chi connectivity index (χ1n) is 5.95. The van der Waals surface area contributed by atoms with Gasteiger partial charge < -0.3 is 10.3 Å². The van der Waals surface area contributed by atoms with Gasteiger partial charge in [-0.2, -0.15) is 0 Å². The minimum absolute atomic E-state index is 0.266. The van der Waals surface area contributed by atoms with Crippen LogP contribution >= 0.6 is 15.9 Å². The summed E-state index contributed by atoms with van der Waals surface area (Å²) < 4.78 is 16.6. The third kappa shape index (κ3) is 2.69. The van der Waals surface area contributed by atoms with Gasteiger partial charge >= 0.3 is 0 Å². The van der Waals surface area contributed by atoms with Crippen LogP contribution < -0.4 is 5.73 Å². The summed E-state index contributed by atoms with van der Waals surface area (Å²) in [6, 6.07) is 4.88. The normalized spacial score (nSPS) is 11.9. The van der Waals surface area contributed by atoms with E-state index in [-0.39, 0.29) is 17.9 Å². The topological polar surface area (TPSA) is 56.7 Å². The number of halogens is 2. The Bertz CT molecular complexity index is 601. The Kier molecular flexibility index (Phi) is 3.73. The standard InChI is InChI=1S/C13H16BrFN4/c1-13(2,3)19-11(7-16)17-18-12(19)9-5-4-8(14)6-10(9)15/h4-6H,7,16H2,1-3H3. The molecule has 4 nitrogen and oxygen atoms in total. The molecule has 0 aliphatic rings. The molecule has 0 radical (unpaired) electrons. The van der Waals surface area contributed by atoms with Crippen molar-refractivity contribution < 1.29 is 4.39 Å². The van der Waals surface area contributed by atoms with Crippen LogP contribution in [0.1, 0.15) is 26.6 Å². The quantitative estimate of drug-likeness (QED) is 0.922. The summed E-state index contributed by atoms with van der Waals surface area (Å²) in [5.74, 6) is 0.804. The summed E-state index contributed by atoms with van der Waals surface area (Å²) in [5.41, 5.74) is 5.83. The minimum atomic E-state index is -0.337. The Balaban J connectivity index is 2.66. The van der Waals surface area contributed by atoms with Crippen LogP contribution in [0.3, 0.4) is 0 Å². The van der Waals surface area contributed by atoms with E-state index < -0.39 is 0 Å². The van der Waals surface area contributed by atoms with Crippen LogP contribution in [0.25, 0.3) is 11.4 Å². The maximum atomic E-state index is 14.1. The van der Waals surface area contributed by atoms with Crippen molar-refractivity contribution >= 4 is 15.9 Å². The molecule has 1 aromatic heterocycles. The number of rotatable bonds is 2. The monoisotopic (exact) mass is 326 g/mol. The Morgan fingerprint density at radius 3 is 2.53 bits per heavy atom. The van der Waals surface area contributed by atoms with E-state index in [0.717, 1.165) is 0 Å². The summed E-state index contributed by atoms with van der Waals surface area (Å²) >= 11 is 3.24. The summed E-state index contributed by atoms with van der Waals surface area (Å²) in [6.45, 7) is 6.30. The Morgan fingerprint density at radius 1 is 1.32 bits per heavy atom. The molecule has 6 heteroatoms. The fourth-order valence-corrected chi connectivity index (χ4v) is 2.33. The molecule has 0 saturated heterocycles. The first kappa shape index (κ1) is 14.1. The van der Waals surface area contributed by atoms with Gasteiger partial charge in [-0.25, -0.2) is 4.39 Å². The van der Waals surface area contributed by atoms with Gasteiger partial charge in [0.2, 0.25) is 0 Å². The van der Waals surface area contributed by atoms with Crippen molar-refractivity contribution in [3.8, 4) is 11.4 Å². The zero-order valence-electron chi connectivity index (χ0n) is 11.1. The van der Waals surface area contributed by atoms with E-state index in [1.165, 1.54) is 6.07 Å². The van der Waals surface area contributed by atoms with E-state index in [2.05, 4.69) is 26.1 Å². The second kappa shape index (κ2) is 5.02. The van der Waals surface area contributed by atoms with Gasteiger partial charge in [-0.3, -0.25) is 0 Å². The molecule has 2 aromatic rings. The molecule has 0 saturated carbocycles. The van der Waals surface area contributed by atoms with Crippen LogP contribution in [-0.4, -0.2) is 14.8 Å². The number of hydrogen-bond donors (Lipinski definition) is 1. The lowest BCUT2D eigenvalue weighted by Gasteiger charge is -2.24. The van der Waals surface area contributed by atoms with E-state index in [1.807, 2.05) is 25.3 Å². The number of hydrogen-bond acceptors (Lipinski definition) is 3. The van der Waals surface area contributed by atoms with Crippen LogP contribution in [0, 0.1) is 5.82 Å². The Morgan fingerprint density at radius 2 is 2.00 bits per heavy atom. The van der Waals surface area contributed by atoms with Crippen LogP contribution in [0.15, 0.2) is 22.7 Å². The van der Waals surface area contributed by atoms with E-state index in [1.54, 1.807) is 12.1 Å². The lowest BCUT2D eigenvalue weighted by molar-refractivity contribution is 0.386. The predicted molar refractivity (Wildman–Crippen MR) is 76.0 cm³/mol. The van der Waals surface area contributed by atoms with Crippen molar-refractivity contribution in [2.24, 2.45) is 5.73 Å². The zero-order valence-corrected chi connectivity index (χ0v) is 12.7. The van der Waals surface area contributed by atoms with Crippen molar-refractivity contribution in [3.05, 3.63) is 34.3 Å². The zero-order chi connectivity index (χ0) is 14.2. The molecule has 102 valence electrons. The maximum absolute atomic E-state index is 14.1. The molecule has 19 heavy (non-hydrogen) atoms. The Labute approximate surface area is 120 Å². The van der Waals surface area contributed by atoms with Crippen LogP contribution in [0.2, 0.25) is 0 Å². The molecule has 0 bridgehead atoms. The molecule has 0 aliphatic carbocycles. The van der Waals surface area contributed by atoms with E-state index in [9.17, 15) is 4.39 Å². The van der Waals surface area contributed by atoms with Gasteiger partial charge in [-0.05, 0) is 39.0 Å². The van der Waals surface area contributed by atoms with Gasteiger partial charge in [0.05, 0.1) is 12.1 Å². The third-order valence-electron chi connectivity index (χ3n) is 2.76. The fraction of sp³-hybridized carbons (Fsp3) is 0.385. The first-order chi connectivity index (χ1) is 8.84. The predicted octanol–water partition coefficient (Wildman–Crippen LogP) is 3.06. The van der Waals surface area contributed by atoms with Gasteiger partial charge in [0, 0.05) is 10.0 Å². The van der Waals surface area contributed by atoms with Crippen LogP contribution in [0.4, 0.5) is 4.39 Å². The molecule has 2 rings (SSSR count). The SMILES string of the molecule is CC(C)(C)n1c(CN)nnc1-c1ccc(Br)cc1F. The Hall–Kier alpha value is -1.27. The summed E-state index contributed by atoms with van der Waals surface area (Å²) in [5, 5.41) is 8.14. The van der Waals surface area contributed by atoms with Crippen molar-refractivity contribution in [2.75, 3.05) is 0 Å². The summed E-state index contributed by atoms with van der Waals surface area (Å²) in [4.78, 5) is 0. The number of benzene rings is 1. The van der Waals surface area contributed by atoms with Crippen LogP contribution in [-0.2, 0) is 12.1 Å². The molecule has 0 aliphatic heterocycles. The second-order valence-corrected chi connectivity index (χ2v) is 6.19. The maximum Gasteiger partial charge on any atom is 0.167 e. The van der Waals surface area contributed by atoms with Crippen molar-refractivity contribution in [1.82, 2.24) is 14.8 Å². The average Bonchev–Trinajstić information content (AvgIpc) is 2.72. The van der Waals surface area contributed by atoms with Gasteiger partial charge in [0.1, 0.15) is 11.6 Å². The van der Waals surface area contributed by atoms with Gasteiger partial charge in [-0.15, -0.1) is 10.2 Å². The first-order valence-corrected chi connectivity index (χ1v) is 6.74. The van der Waals surface area contributed by atoms with Crippen LogP contribution in [0.5, 0.6) is 0 Å². The highest BCUT2D eigenvalue weighted by Crippen LogP contribution is 2.29. The van der Waals surface area contributed by atoms with Gasteiger partial charge in [-0.1, -0.05) is 15.9 Å². The lowest BCUT2D eigenvalue weighted by atomic mass is 10.1. The van der Waals surface area contributed by atoms with E-state index in [0.29, 0.717) is 21.7 Å². The highest BCUT2D eigenvalue weighted by Gasteiger charge is 2.24. The third-order valence-corrected chi connectivity index (χ3v) is 3.25. The molecule has 1 aromatic carbocycles. The fourth-order valence-electron chi connectivity index (χ4n) is 2.00. The summed E-state index contributed by atoms with van der Waals surface area (Å²) in [7, 11) is 0. The number of nitrogens with zero attached hydrogens (tertiary/aromatic N) is 3. The van der Waals surface area contributed by atoms with E-state index in [4.69, 9.17) is 5.73 Å². The molecular formula is C13H16BrFN4. The van der Waals surface area contributed by atoms with E-state index >= 15 is 0 Å². The molecule has 0 amide bonds. The molecule has 0 fully saturated rings.